The predicted molar refractivity (Wildman–Crippen MR) is 91.4 cm³/mol. The molecule has 0 bridgehead atoms. The number of amides is 2. The van der Waals surface area contributed by atoms with Crippen LogP contribution in [0.2, 0.25) is 0 Å². The van der Waals surface area contributed by atoms with Gasteiger partial charge >= 0.3 is 0 Å². The molecule has 4 N–H and O–H groups in total. The SMILES string of the molecule is CC(NC(=O)c1n[nH]c2ccccc12)C(=O)N1CCCC(CN)C1. The molecule has 7 heteroatoms. The number of para-hydroxylation sites is 1. The first-order chi connectivity index (χ1) is 11.6. The van der Waals surface area contributed by atoms with Gasteiger partial charge in [0, 0.05) is 18.5 Å². The molecule has 0 spiro atoms. The monoisotopic (exact) mass is 329 g/mol. The number of nitrogens with zero attached hydrogens (tertiary/aromatic N) is 2. The van der Waals surface area contributed by atoms with Crippen molar-refractivity contribution in [3.05, 3.63) is 30.0 Å². The van der Waals surface area contributed by atoms with Gasteiger partial charge in [0.25, 0.3) is 5.91 Å². The number of hydrogen-bond acceptors (Lipinski definition) is 4. The Labute approximate surface area is 140 Å². The molecule has 1 aromatic carbocycles. The Balaban J connectivity index is 1.66. The van der Waals surface area contributed by atoms with E-state index in [0.717, 1.165) is 30.3 Å². The normalized spacial score (nSPS) is 19.2. The van der Waals surface area contributed by atoms with Crippen molar-refractivity contribution in [1.29, 1.82) is 0 Å². The van der Waals surface area contributed by atoms with E-state index in [1.54, 1.807) is 11.8 Å². The van der Waals surface area contributed by atoms with Gasteiger partial charge in [-0.3, -0.25) is 14.7 Å². The Morgan fingerprint density at radius 2 is 2.25 bits per heavy atom. The molecule has 0 radical (unpaired) electrons. The maximum Gasteiger partial charge on any atom is 0.273 e. The summed E-state index contributed by atoms with van der Waals surface area (Å²) in [6, 6.07) is 6.82. The van der Waals surface area contributed by atoms with E-state index in [-0.39, 0.29) is 11.8 Å². The molecule has 0 aliphatic carbocycles. The van der Waals surface area contributed by atoms with Gasteiger partial charge in [0.1, 0.15) is 6.04 Å². The van der Waals surface area contributed by atoms with Crippen LogP contribution in [0.3, 0.4) is 0 Å². The van der Waals surface area contributed by atoms with Crippen LogP contribution in [-0.2, 0) is 4.79 Å². The molecule has 24 heavy (non-hydrogen) atoms. The highest BCUT2D eigenvalue weighted by molar-refractivity contribution is 6.05. The lowest BCUT2D eigenvalue weighted by Crippen LogP contribution is -2.50. The molecule has 128 valence electrons. The molecule has 2 amide bonds. The average molecular weight is 329 g/mol. The summed E-state index contributed by atoms with van der Waals surface area (Å²) in [6.45, 7) is 3.69. The largest absolute Gasteiger partial charge is 0.341 e. The molecular weight excluding hydrogens is 306 g/mol. The minimum atomic E-state index is -0.593. The Morgan fingerprint density at radius 1 is 1.46 bits per heavy atom. The van der Waals surface area contributed by atoms with E-state index in [0.29, 0.717) is 24.7 Å². The van der Waals surface area contributed by atoms with Crippen LogP contribution in [0.15, 0.2) is 24.3 Å². The summed E-state index contributed by atoms with van der Waals surface area (Å²) in [5, 5.41) is 10.4. The van der Waals surface area contributed by atoms with Crippen LogP contribution in [0.4, 0.5) is 0 Å². The molecule has 1 aliphatic rings. The number of hydrogen-bond donors (Lipinski definition) is 3. The zero-order chi connectivity index (χ0) is 17.1. The second-order valence-electron chi connectivity index (χ2n) is 6.34. The molecule has 1 fully saturated rings. The molecule has 3 rings (SSSR count). The van der Waals surface area contributed by atoms with Crippen LogP contribution in [0.1, 0.15) is 30.3 Å². The minimum absolute atomic E-state index is 0.0682. The van der Waals surface area contributed by atoms with Gasteiger partial charge in [-0.05, 0) is 38.3 Å². The zero-order valence-electron chi connectivity index (χ0n) is 13.8. The highest BCUT2D eigenvalue weighted by Gasteiger charge is 2.27. The van der Waals surface area contributed by atoms with Gasteiger partial charge in [0.05, 0.1) is 5.52 Å². The first-order valence-electron chi connectivity index (χ1n) is 8.33. The number of rotatable bonds is 4. The topological polar surface area (TPSA) is 104 Å². The Morgan fingerprint density at radius 3 is 3.04 bits per heavy atom. The summed E-state index contributed by atoms with van der Waals surface area (Å²) in [4.78, 5) is 26.8. The van der Waals surface area contributed by atoms with Crippen molar-refractivity contribution >= 4 is 22.7 Å². The molecule has 1 saturated heterocycles. The number of aromatic nitrogens is 2. The average Bonchev–Trinajstić information content (AvgIpc) is 3.05. The van der Waals surface area contributed by atoms with Crippen LogP contribution in [-0.4, -0.2) is 52.6 Å². The van der Waals surface area contributed by atoms with Crippen LogP contribution in [0.5, 0.6) is 0 Å². The lowest BCUT2D eigenvalue weighted by Gasteiger charge is -2.33. The number of H-pyrrole nitrogens is 1. The minimum Gasteiger partial charge on any atom is -0.341 e. The lowest BCUT2D eigenvalue weighted by atomic mass is 9.98. The fourth-order valence-electron chi connectivity index (χ4n) is 3.19. The number of piperidine rings is 1. The molecule has 0 saturated carbocycles. The van der Waals surface area contributed by atoms with E-state index >= 15 is 0 Å². The third-order valence-corrected chi connectivity index (χ3v) is 4.57. The molecule has 1 aromatic heterocycles. The number of benzene rings is 1. The number of nitrogens with one attached hydrogen (secondary N) is 2. The summed E-state index contributed by atoms with van der Waals surface area (Å²) >= 11 is 0. The molecule has 7 nitrogen and oxygen atoms in total. The lowest BCUT2D eigenvalue weighted by molar-refractivity contribution is -0.134. The van der Waals surface area contributed by atoms with Gasteiger partial charge in [-0.25, -0.2) is 0 Å². The van der Waals surface area contributed by atoms with Crippen molar-refractivity contribution < 1.29 is 9.59 Å². The molecule has 2 heterocycles. The van der Waals surface area contributed by atoms with Crippen molar-refractivity contribution in [2.45, 2.75) is 25.8 Å². The molecule has 2 atom stereocenters. The third-order valence-electron chi connectivity index (χ3n) is 4.57. The number of nitrogens with two attached hydrogens (primary N) is 1. The second kappa shape index (κ2) is 7.00. The van der Waals surface area contributed by atoms with E-state index in [9.17, 15) is 9.59 Å². The van der Waals surface area contributed by atoms with E-state index in [1.807, 2.05) is 24.3 Å². The summed E-state index contributed by atoms with van der Waals surface area (Å²) in [5.41, 5.74) is 6.82. The molecular formula is C17H23N5O2. The van der Waals surface area contributed by atoms with E-state index in [2.05, 4.69) is 15.5 Å². The molecule has 2 aromatic rings. The zero-order valence-corrected chi connectivity index (χ0v) is 13.8. The Kier molecular flexibility index (Phi) is 4.80. The summed E-state index contributed by atoms with van der Waals surface area (Å²) in [7, 11) is 0. The van der Waals surface area contributed by atoms with Crippen molar-refractivity contribution in [3.8, 4) is 0 Å². The van der Waals surface area contributed by atoms with Gasteiger partial charge in [-0.1, -0.05) is 18.2 Å². The van der Waals surface area contributed by atoms with Crippen LogP contribution >= 0.6 is 0 Å². The van der Waals surface area contributed by atoms with Crippen LogP contribution in [0, 0.1) is 5.92 Å². The van der Waals surface area contributed by atoms with Crippen molar-refractivity contribution in [1.82, 2.24) is 20.4 Å². The van der Waals surface area contributed by atoms with E-state index in [4.69, 9.17) is 5.73 Å². The quantitative estimate of drug-likeness (QED) is 0.774. The number of fused-ring (bicyclic) bond motifs is 1. The standard InChI is InChI=1S/C17H23N5O2/c1-11(17(24)22-8-4-5-12(9-18)10-22)19-16(23)15-13-6-2-3-7-14(13)20-21-15/h2-3,6-7,11-12H,4-5,8-10,18H2,1H3,(H,19,23)(H,20,21). The van der Waals surface area contributed by atoms with Gasteiger partial charge < -0.3 is 16.0 Å². The summed E-state index contributed by atoms with van der Waals surface area (Å²) in [6.07, 6.45) is 2.01. The van der Waals surface area contributed by atoms with E-state index in [1.165, 1.54) is 0 Å². The van der Waals surface area contributed by atoms with Crippen molar-refractivity contribution in [3.63, 3.8) is 0 Å². The molecule has 2 unspecified atom stereocenters. The van der Waals surface area contributed by atoms with Crippen LogP contribution < -0.4 is 11.1 Å². The summed E-state index contributed by atoms with van der Waals surface area (Å²) in [5.74, 6) is -0.0667. The highest BCUT2D eigenvalue weighted by Crippen LogP contribution is 2.17. The highest BCUT2D eigenvalue weighted by atomic mass is 16.2. The maximum absolute atomic E-state index is 12.6. The predicted octanol–water partition coefficient (Wildman–Crippen LogP) is 0.879. The molecule has 1 aliphatic heterocycles. The first-order valence-corrected chi connectivity index (χ1v) is 8.33. The smallest absolute Gasteiger partial charge is 0.273 e. The van der Waals surface area contributed by atoms with E-state index < -0.39 is 6.04 Å². The number of carbonyl (C=O) groups excluding carboxylic acids is 2. The number of likely N-dealkylation sites (tertiary alicyclic amines) is 1. The van der Waals surface area contributed by atoms with Gasteiger partial charge in [0.15, 0.2) is 5.69 Å². The number of aromatic amines is 1. The first kappa shape index (κ1) is 16.4. The van der Waals surface area contributed by atoms with Gasteiger partial charge in [0.2, 0.25) is 5.91 Å². The Bertz CT molecular complexity index is 741. The number of carbonyl (C=O) groups is 2. The summed E-state index contributed by atoms with van der Waals surface area (Å²) < 4.78 is 0. The van der Waals surface area contributed by atoms with Gasteiger partial charge in [-0.2, -0.15) is 5.10 Å². The third kappa shape index (κ3) is 3.26. The second-order valence-corrected chi connectivity index (χ2v) is 6.34. The fourth-order valence-corrected chi connectivity index (χ4v) is 3.19. The van der Waals surface area contributed by atoms with Crippen LogP contribution in [0.25, 0.3) is 10.9 Å². The van der Waals surface area contributed by atoms with Crippen molar-refractivity contribution in [2.24, 2.45) is 11.7 Å². The Hall–Kier alpha value is -2.41. The maximum atomic E-state index is 12.6. The fraction of sp³-hybridized carbons (Fsp3) is 0.471. The van der Waals surface area contributed by atoms with Gasteiger partial charge in [-0.15, -0.1) is 0 Å². The van der Waals surface area contributed by atoms with Crippen molar-refractivity contribution in [2.75, 3.05) is 19.6 Å².